The standard InChI is InChI=1S/C24H50NO7P/c1-5-6-7-8-9-10-11-12-13-14-15-16-17-18-22(27)24(23(28)21-26)32-33(29,30)31-20-19-25(2,3)4/h23-24,26,28H,5-21H2,1-4H3/t23-,24?/m0/s1. The number of ketones is 1. The van der Waals surface area contributed by atoms with Crippen LogP contribution in [0.2, 0.25) is 0 Å². The monoisotopic (exact) mass is 495 g/mol. The maximum Gasteiger partial charge on any atom is 0.268 e. The Morgan fingerprint density at radius 2 is 1.36 bits per heavy atom. The van der Waals surface area contributed by atoms with E-state index in [0.717, 1.165) is 19.3 Å². The zero-order chi connectivity index (χ0) is 25.2. The summed E-state index contributed by atoms with van der Waals surface area (Å²) in [6.07, 6.45) is 12.2. The van der Waals surface area contributed by atoms with Gasteiger partial charge in [-0.3, -0.25) is 9.36 Å². The summed E-state index contributed by atoms with van der Waals surface area (Å²) in [6, 6.07) is 0. The molecule has 0 spiro atoms. The van der Waals surface area contributed by atoms with E-state index in [1.807, 2.05) is 21.1 Å². The molecule has 2 unspecified atom stereocenters. The van der Waals surface area contributed by atoms with Gasteiger partial charge in [0.2, 0.25) is 0 Å². The van der Waals surface area contributed by atoms with Crippen LogP contribution in [0.3, 0.4) is 0 Å². The van der Waals surface area contributed by atoms with Crippen molar-refractivity contribution in [2.75, 3.05) is 40.9 Å². The summed E-state index contributed by atoms with van der Waals surface area (Å²) in [7, 11) is 0.880. The average molecular weight is 496 g/mol. The number of Topliss-reactive ketones (excluding diaryl/α,β-unsaturated/α-hetero) is 1. The number of aliphatic hydroxyl groups excluding tert-OH is 2. The van der Waals surface area contributed by atoms with Gasteiger partial charge in [0.25, 0.3) is 7.82 Å². The molecule has 33 heavy (non-hydrogen) atoms. The first-order valence-corrected chi connectivity index (χ1v) is 14.2. The molecule has 3 atom stereocenters. The molecule has 0 saturated heterocycles. The van der Waals surface area contributed by atoms with Crippen LogP contribution in [0.1, 0.15) is 96.8 Å². The lowest BCUT2D eigenvalue weighted by Crippen LogP contribution is -2.40. The molecular formula is C24H50NO7P. The van der Waals surface area contributed by atoms with E-state index in [0.29, 0.717) is 17.4 Å². The highest BCUT2D eigenvalue weighted by atomic mass is 31.2. The van der Waals surface area contributed by atoms with Gasteiger partial charge in [0.1, 0.15) is 19.3 Å². The van der Waals surface area contributed by atoms with E-state index in [-0.39, 0.29) is 13.0 Å². The van der Waals surface area contributed by atoms with Crippen molar-refractivity contribution in [2.24, 2.45) is 0 Å². The van der Waals surface area contributed by atoms with Crippen molar-refractivity contribution in [3.8, 4) is 0 Å². The third kappa shape index (κ3) is 19.6. The van der Waals surface area contributed by atoms with E-state index < -0.39 is 32.4 Å². The van der Waals surface area contributed by atoms with Gasteiger partial charge < -0.3 is 28.6 Å². The normalized spacial score (nSPS) is 15.8. The summed E-state index contributed by atoms with van der Waals surface area (Å²) in [4.78, 5) is 24.5. The Kier molecular flexibility index (Phi) is 18.7. The quantitative estimate of drug-likeness (QED) is 0.125. The van der Waals surface area contributed by atoms with Crippen LogP contribution in [0, 0.1) is 0 Å². The molecular weight excluding hydrogens is 445 g/mol. The molecule has 0 aliphatic heterocycles. The van der Waals surface area contributed by atoms with Crippen molar-refractivity contribution < 1.29 is 38.0 Å². The summed E-state index contributed by atoms with van der Waals surface area (Å²) in [5.74, 6) is -0.536. The molecule has 0 rings (SSSR count). The molecule has 0 saturated carbocycles. The topological polar surface area (TPSA) is 116 Å². The number of likely N-dealkylation sites (N-methyl/N-ethyl adjacent to an activating group) is 1. The summed E-state index contributed by atoms with van der Waals surface area (Å²) in [5.41, 5.74) is 0. The van der Waals surface area contributed by atoms with Gasteiger partial charge in [0.15, 0.2) is 11.9 Å². The molecule has 0 aromatic heterocycles. The number of aliphatic hydroxyl groups is 2. The Labute approximate surface area is 201 Å². The Morgan fingerprint density at radius 3 is 1.79 bits per heavy atom. The summed E-state index contributed by atoms with van der Waals surface area (Å²) in [5, 5.41) is 19.1. The number of carbonyl (C=O) groups excluding carboxylic acids is 1. The predicted octanol–water partition coefficient (Wildman–Crippen LogP) is 3.97. The van der Waals surface area contributed by atoms with Gasteiger partial charge in [-0.25, -0.2) is 0 Å². The fourth-order valence-electron chi connectivity index (χ4n) is 3.49. The highest BCUT2D eigenvalue weighted by Crippen LogP contribution is 2.40. The van der Waals surface area contributed by atoms with E-state index in [2.05, 4.69) is 6.92 Å². The second kappa shape index (κ2) is 18.9. The van der Waals surface area contributed by atoms with Crippen LogP contribution in [0.4, 0.5) is 0 Å². The lowest BCUT2D eigenvalue weighted by molar-refractivity contribution is -0.870. The molecule has 0 aromatic carbocycles. The largest absolute Gasteiger partial charge is 0.756 e. The number of carbonyl (C=O) groups is 1. The van der Waals surface area contributed by atoms with Crippen molar-refractivity contribution >= 4 is 13.6 Å². The fraction of sp³-hybridized carbons (Fsp3) is 0.958. The fourth-order valence-corrected chi connectivity index (χ4v) is 4.40. The van der Waals surface area contributed by atoms with Crippen LogP contribution in [0.25, 0.3) is 0 Å². The summed E-state index contributed by atoms with van der Waals surface area (Å²) >= 11 is 0. The third-order valence-corrected chi connectivity index (χ3v) is 6.62. The Morgan fingerprint density at radius 1 is 0.909 bits per heavy atom. The number of nitrogens with zero attached hydrogens (tertiary/aromatic N) is 1. The summed E-state index contributed by atoms with van der Waals surface area (Å²) in [6.45, 7) is 1.79. The molecule has 8 nitrogen and oxygen atoms in total. The van der Waals surface area contributed by atoms with E-state index in [1.54, 1.807) is 0 Å². The van der Waals surface area contributed by atoms with Gasteiger partial charge >= 0.3 is 0 Å². The Bertz CT molecular complexity index is 539. The predicted molar refractivity (Wildman–Crippen MR) is 130 cm³/mol. The molecule has 0 fully saturated rings. The van der Waals surface area contributed by atoms with E-state index in [4.69, 9.17) is 9.05 Å². The number of rotatable bonds is 23. The van der Waals surface area contributed by atoms with E-state index >= 15 is 0 Å². The number of quaternary nitrogens is 1. The van der Waals surface area contributed by atoms with Crippen molar-refractivity contribution in [3.05, 3.63) is 0 Å². The van der Waals surface area contributed by atoms with Gasteiger partial charge in [-0.1, -0.05) is 84.0 Å². The van der Waals surface area contributed by atoms with Crippen molar-refractivity contribution in [1.82, 2.24) is 0 Å². The molecule has 2 N–H and O–H groups in total. The van der Waals surface area contributed by atoms with Crippen LogP contribution in [0.5, 0.6) is 0 Å². The minimum Gasteiger partial charge on any atom is -0.756 e. The van der Waals surface area contributed by atoms with Gasteiger partial charge in [-0.15, -0.1) is 0 Å². The lowest BCUT2D eigenvalue weighted by atomic mass is 10.0. The SMILES string of the molecule is CCCCCCCCCCCCCCCC(=O)C(OP(=O)([O-])OCC[N+](C)(C)C)[C@@H](O)CO. The van der Waals surface area contributed by atoms with Crippen molar-refractivity contribution in [1.29, 1.82) is 0 Å². The van der Waals surface area contributed by atoms with Gasteiger partial charge in [-0.2, -0.15) is 0 Å². The van der Waals surface area contributed by atoms with Gasteiger partial charge in [0.05, 0.1) is 27.7 Å². The van der Waals surface area contributed by atoms with Gasteiger partial charge in [0, 0.05) is 6.42 Å². The number of hydrogen-bond acceptors (Lipinski definition) is 7. The van der Waals surface area contributed by atoms with Crippen molar-refractivity contribution in [3.63, 3.8) is 0 Å². The second-order valence-electron chi connectivity index (χ2n) is 10.0. The molecule has 0 radical (unpaired) electrons. The maximum atomic E-state index is 12.4. The second-order valence-corrected chi connectivity index (χ2v) is 11.4. The zero-order valence-corrected chi connectivity index (χ0v) is 22.4. The average Bonchev–Trinajstić information content (AvgIpc) is 2.73. The van der Waals surface area contributed by atoms with Crippen LogP contribution in [0.15, 0.2) is 0 Å². The lowest BCUT2D eigenvalue weighted by Gasteiger charge is -2.30. The van der Waals surface area contributed by atoms with Crippen LogP contribution >= 0.6 is 7.82 Å². The van der Waals surface area contributed by atoms with E-state index in [1.165, 1.54) is 57.8 Å². The first kappa shape index (κ1) is 32.7. The summed E-state index contributed by atoms with van der Waals surface area (Å²) < 4.78 is 22.2. The minimum atomic E-state index is -4.78. The van der Waals surface area contributed by atoms with Gasteiger partial charge in [-0.05, 0) is 6.42 Å². The highest BCUT2D eigenvalue weighted by molar-refractivity contribution is 7.45. The third-order valence-electron chi connectivity index (χ3n) is 5.63. The zero-order valence-electron chi connectivity index (χ0n) is 21.5. The molecule has 0 aliphatic carbocycles. The smallest absolute Gasteiger partial charge is 0.268 e. The molecule has 198 valence electrons. The highest BCUT2D eigenvalue weighted by Gasteiger charge is 2.31. The molecule has 0 bridgehead atoms. The Hall–Kier alpha value is -0.340. The van der Waals surface area contributed by atoms with Crippen LogP contribution < -0.4 is 4.89 Å². The number of unbranched alkanes of at least 4 members (excludes halogenated alkanes) is 12. The molecule has 0 heterocycles. The van der Waals surface area contributed by atoms with Crippen LogP contribution in [-0.2, 0) is 18.4 Å². The van der Waals surface area contributed by atoms with E-state index in [9.17, 15) is 24.5 Å². The Balaban J connectivity index is 4.09. The number of hydrogen-bond donors (Lipinski definition) is 2. The van der Waals surface area contributed by atoms with Crippen molar-refractivity contribution in [2.45, 2.75) is 109 Å². The minimum absolute atomic E-state index is 0.0956. The first-order chi connectivity index (χ1) is 15.5. The molecule has 0 aliphatic rings. The van der Waals surface area contributed by atoms with Crippen LogP contribution in [-0.4, -0.2) is 73.6 Å². The molecule has 0 amide bonds. The number of phosphoric acid groups is 1. The maximum absolute atomic E-state index is 12.4. The number of phosphoric ester groups is 1. The molecule has 9 heteroatoms. The first-order valence-electron chi connectivity index (χ1n) is 12.8. The molecule has 0 aromatic rings.